The number of nitrogens with zero attached hydrogens (tertiary/aromatic N) is 3. The summed E-state index contributed by atoms with van der Waals surface area (Å²) in [7, 11) is 0. The number of benzene rings is 3. The molecule has 0 fully saturated rings. The summed E-state index contributed by atoms with van der Waals surface area (Å²) in [6.45, 7) is 0.246. The number of fused-ring (bicyclic) bond motifs is 1. The van der Waals surface area contributed by atoms with Gasteiger partial charge in [-0.05, 0) is 97.2 Å². The number of hydrogen-bond donors (Lipinski definition) is 1. The van der Waals surface area contributed by atoms with Gasteiger partial charge in [0.05, 0.1) is 29.8 Å². The summed E-state index contributed by atoms with van der Waals surface area (Å²) < 4.78 is 7.31. The van der Waals surface area contributed by atoms with Gasteiger partial charge in [-0.1, -0.05) is 12.1 Å². The predicted molar refractivity (Wildman–Crippen MR) is 135 cm³/mol. The molecule has 4 aromatic rings. The molecule has 1 N–H and O–H groups in total. The van der Waals surface area contributed by atoms with Crippen molar-refractivity contribution in [3.05, 3.63) is 95.8 Å². The van der Waals surface area contributed by atoms with Crippen LogP contribution in [0.3, 0.4) is 0 Å². The van der Waals surface area contributed by atoms with E-state index in [4.69, 9.17) is 4.74 Å². The second-order valence-corrected chi connectivity index (χ2v) is 9.55. The number of nitrogens with one attached hydrogen (secondary N) is 1. The van der Waals surface area contributed by atoms with Gasteiger partial charge in [0.15, 0.2) is 5.16 Å². The number of allylic oxidation sites excluding steroid dienone is 1. The summed E-state index contributed by atoms with van der Waals surface area (Å²) in [5.41, 5.74) is 3.40. The average molecular weight is 586 g/mol. The summed E-state index contributed by atoms with van der Waals surface area (Å²) in [5.74, 6) is 0.592. The largest absolute Gasteiger partial charge is 0.487 e. The van der Waals surface area contributed by atoms with Crippen molar-refractivity contribution in [3.8, 4) is 11.8 Å². The first-order valence-electron chi connectivity index (χ1n) is 9.52. The van der Waals surface area contributed by atoms with Gasteiger partial charge in [0.25, 0.3) is 5.69 Å². The minimum absolute atomic E-state index is 0.0334. The zero-order chi connectivity index (χ0) is 23.4. The molecule has 164 valence electrons. The van der Waals surface area contributed by atoms with Crippen molar-refractivity contribution in [1.29, 1.82) is 5.26 Å². The van der Waals surface area contributed by atoms with Gasteiger partial charge in [-0.25, -0.2) is 4.98 Å². The van der Waals surface area contributed by atoms with Gasteiger partial charge in [-0.3, -0.25) is 10.1 Å². The smallest absolute Gasteiger partial charge is 0.269 e. The molecule has 4 rings (SSSR count). The molecule has 0 unspecified atom stereocenters. The molecule has 0 atom stereocenters. The molecule has 1 aromatic heterocycles. The zero-order valence-corrected chi connectivity index (χ0v) is 20.8. The van der Waals surface area contributed by atoms with Gasteiger partial charge in [0.2, 0.25) is 0 Å². The maximum atomic E-state index is 10.8. The van der Waals surface area contributed by atoms with Crippen LogP contribution in [0, 0.1) is 21.4 Å². The number of non-ortho nitro benzene ring substituents is 1. The number of imidazole rings is 1. The third kappa shape index (κ3) is 5.63. The quantitative estimate of drug-likeness (QED) is 0.106. The van der Waals surface area contributed by atoms with E-state index in [1.54, 1.807) is 18.2 Å². The lowest BCUT2D eigenvalue weighted by atomic mass is 10.2. The van der Waals surface area contributed by atoms with Crippen LogP contribution in [-0.2, 0) is 6.61 Å². The van der Waals surface area contributed by atoms with Crippen molar-refractivity contribution in [3.63, 3.8) is 0 Å². The number of nitro groups is 1. The SMILES string of the molecule is N#C/C(=C\c1cc(Br)c(OCc2ccc([N+](=O)[O-])cc2)c(Br)c1)Sc1nc2ccccc2[nH]1. The Morgan fingerprint density at radius 1 is 1.18 bits per heavy atom. The van der Waals surface area contributed by atoms with E-state index in [0.29, 0.717) is 24.8 Å². The summed E-state index contributed by atoms with van der Waals surface area (Å²) in [6.07, 6.45) is 1.77. The van der Waals surface area contributed by atoms with Crippen LogP contribution < -0.4 is 4.74 Å². The lowest BCUT2D eigenvalue weighted by molar-refractivity contribution is -0.384. The number of nitro benzene ring substituents is 1. The van der Waals surface area contributed by atoms with Crippen LogP contribution in [-0.4, -0.2) is 14.9 Å². The number of halogens is 2. The molecule has 10 heteroatoms. The molecule has 7 nitrogen and oxygen atoms in total. The Morgan fingerprint density at radius 3 is 2.52 bits per heavy atom. The fraction of sp³-hybridized carbons (Fsp3) is 0.0435. The van der Waals surface area contributed by atoms with Crippen molar-refractivity contribution >= 4 is 66.4 Å². The van der Waals surface area contributed by atoms with E-state index in [0.717, 1.165) is 22.2 Å². The Kier molecular flexibility index (Phi) is 7.13. The van der Waals surface area contributed by atoms with Gasteiger partial charge in [-0.2, -0.15) is 5.26 Å². The van der Waals surface area contributed by atoms with Crippen molar-refractivity contribution in [2.45, 2.75) is 11.8 Å². The molecule has 0 aliphatic rings. The molecule has 0 radical (unpaired) electrons. The van der Waals surface area contributed by atoms with Gasteiger partial charge in [0, 0.05) is 12.1 Å². The first-order chi connectivity index (χ1) is 15.9. The second kappa shape index (κ2) is 10.2. The van der Waals surface area contributed by atoms with Crippen molar-refractivity contribution < 1.29 is 9.66 Å². The molecule has 1 heterocycles. The maximum absolute atomic E-state index is 10.8. The lowest BCUT2D eigenvalue weighted by Gasteiger charge is -2.11. The Morgan fingerprint density at radius 2 is 1.88 bits per heavy atom. The number of ether oxygens (including phenoxy) is 1. The number of aromatic nitrogens is 2. The summed E-state index contributed by atoms with van der Waals surface area (Å²) in [4.78, 5) is 18.5. The molecular formula is C23H14Br2N4O3S. The van der Waals surface area contributed by atoms with Crippen molar-refractivity contribution in [2.75, 3.05) is 0 Å². The highest BCUT2D eigenvalue weighted by Gasteiger charge is 2.12. The first kappa shape index (κ1) is 23.0. The molecule has 33 heavy (non-hydrogen) atoms. The van der Waals surface area contributed by atoms with E-state index >= 15 is 0 Å². The number of nitriles is 1. The number of thioether (sulfide) groups is 1. The third-order valence-electron chi connectivity index (χ3n) is 4.53. The maximum Gasteiger partial charge on any atom is 0.269 e. The Hall–Kier alpha value is -3.13. The minimum atomic E-state index is -0.438. The third-order valence-corrected chi connectivity index (χ3v) is 6.53. The fourth-order valence-electron chi connectivity index (χ4n) is 2.99. The van der Waals surface area contributed by atoms with E-state index in [1.807, 2.05) is 36.4 Å². The highest BCUT2D eigenvalue weighted by atomic mass is 79.9. The van der Waals surface area contributed by atoms with Gasteiger partial charge < -0.3 is 9.72 Å². The highest BCUT2D eigenvalue weighted by molar-refractivity contribution is 9.11. The highest BCUT2D eigenvalue weighted by Crippen LogP contribution is 2.37. The average Bonchev–Trinajstić information content (AvgIpc) is 3.20. The molecular weight excluding hydrogens is 572 g/mol. The summed E-state index contributed by atoms with van der Waals surface area (Å²) >= 11 is 8.30. The van der Waals surface area contributed by atoms with Crippen LogP contribution in [0.5, 0.6) is 5.75 Å². The number of rotatable bonds is 7. The lowest BCUT2D eigenvalue weighted by Crippen LogP contribution is -1.98. The zero-order valence-electron chi connectivity index (χ0n) is 16.8. The number of hydrogen-bond acceptors (Lipinski definition) is 6. The molecule has 0 aliphatic heterocycles. The van der Waals surface area contributed by atoms with Crippen LogP contribution in [0.2, 0.25) is 0 Å². The van der Waals surface area contributed by atoms with Crippen molar-refractivity contribution in [1.82, 2.24) is 9.97 Å². The van der Waals surface area contributed by atoms with E-state index < -0.39 is 4.92 Å². The van der Waals surface area contributed by atoms with E-state index in [9.17, 15) is 15.4 Å². The molecule has 0 amide bonds. The Bertz CT molecular complexity index is 1360. The monoisotopic (exact) mass is 584 g/mol. The summed E-state index contributed by atoms with van der Waals surface area (Å²) in [6, 6.07) is 19.8. The van der Waals surface area contributed by atoms with Crippen LogP contribution in [0.1, 0.15) is 11.1 Å². The van der Waals surface area contributed by atoms with Gasteiger partial charge in [0.1, 0.15) is 18.4 Å². The topological polar surface area (TPSA) is 105 Å². The molecule has 0 aliphatic carbocycles. The van der Waals surface area contributed by atoms with Gasteiger partial charge in [-0.15, -0.1) is 0 Å². The fourth-order valence-corrected chi connectivity index (χ4v) is 5.19. The second-order valence-electron chi connectivity index (χ2n) is 6.81. The number of aromatic amines is 1. The summed E-state index contributed by atoms with van der Waals surface area (Å²) in [5, 5.41) is 21.0. The molecule has 0 spiro atoms. The Labute approximate surface area is 209 Å². The standard InChI is InChI=1S/C23H14Br2N4O3S/c24-18-10-15(9-17(12-26)33-23-27-20-3-1-2-4-21(20)28-23)11-19(25)22(18)32-13-14-5-7-16(8-6-14)29(30)31/h1-11H,13H2,(H,27,28)/b17-9+. The molecule has 0 saturated carbocycles. The van der Waals surface area contributed by atoms with Gasteiger partial charge >= 0.3 is 0 Å². The molecule has 0 saturated heterocycles. The van der Waals surface area contributed by atoms with Crippen LogP contribution in [0.15, 0.2) is 79.7 Å². The van der Waals surface area contributed by atoms with Crippen LogP contribution in [0.4, 0.5) is 5.69 Å². The van der Waals surface area contributed by atoms with E-state index in [1.165, 1.54) is 23.9 Å². The first-order valence-corrected chi connectivity index (χ1v) is 11.9. The van der Waals surface area contributed by atoms with Crippen LogP contribution in [0.25, 0.3) is 17.1 Å². The number of H-pyrrole nitrogens is 1. The predicted octanol–water partition coefficient (Wildman–Crippen LogP) is 7.23. The van der Waals surface area contributed by atoms with Crippen LogP contribution >= 0.6 is 43.6 Å². The minimum Gasteiger partial charge on any atom is -0.487 e. The number of para-hydroxylation sites is 2. The Balaban J connectivity index is 1.49. The normalized spacial score (nSPS) is 11.4. The van der Waals surface area contributed by atoms with E-state index in [-0.39, 0.29) is 12.3 Å². The van der Waals surface area contributed by atoms with Crippen molar-refractivity contribution in [2.24, 2.45) is 0 Å². The molecule has 3 aromatic carbocycles. The van der Waals surface area contributed by atoms with E-state index in [2.05, 4.69) is 47.9 Å². The molecule has 0 bridgehead atoms.